The van der Waals surface area contributed by atoms with Crippen LogP contribution in [0.15, 0.2) is 43.0 Å². The molecule has 0 aliphatic heterocycles. The normalized spacial score (nSPS) is 28.7. The van der Waals surface area contributed by atoms with E-state index in [1.165, 1.54) is 44.1 Å². The summed E-state index contributed by atoms with van der Waals surface area (Å²) in [6, 6.07) is 10.4. The summed E-state index contributed by atoms with van der Waals surface area (Å²) >= 11 is 0. The second-order valence-corrected chi connectivity index (χ2v) is 8.83. The molecule has 0 aromatic heterocycles. The van der Waals surface area contributed by atoms with Crippen LogP contribution in [0.2, 0.25) is 0 Å². The summed E-state index contributed by atoms with van der Waals surface area (Å²) < 4.78 is 14.7. The highest BCUT2D eigenvalue weighted by molar-refractivity contribution is 5.84. The summed E-state index contributed by atoms with van der Waals surface area (Å²) in [5.74, 6) is 3.31. The molecule has 0 N–H and O–H groups in total. The van der Waals surface area contributed by atoms with Crippen LogP contribution in [-0.2, 0) is 6.42 Å². The van der Waals surface area contributed by atoms with E-state index in [0.29, 0.717) is 5.92 Å². The Kier molecular flexibility index (Phi) is 5.16. The Hall–Kier alpha value is -1.63. The molecule has 0 saturated heterocycles. The van der Waals surface area contributed by atoms with Gasteiger partial charge < -0.3 is 0 Å². The molecule has 0 bridgehead atoms. The van der Waals surface area contributed by atoms with Gasteiger partial charge in [0.1, 0.15) is 5.82 Å². The zero-order chi connectivity index (χ0) is 18.1. The molecule has 0 nitrogen and oxygen atoms in total. The molecule has 4 rings (SSSR count). The van der Waals surface area contributed by atoms with Crippen LogP contribution >= 0.6 is 0 Å². The minimum atomic E-state index is -0.0661. The molecule has 0 heterocycles. The minimum Gasteiger partial charge on any atom is -0.206 e. The summed E-state index contributed by atoms with van der Waals surface area (Å²) in [6.07, 6.45) is 11.8. The molecule has 2 aliphatic rings. The van der Waals surface area contributed by atoms with E-state index in [1.54, 1.807) is 6.07 Å². The van der Waals surface area contributed by atoms with Crippen LogP contribution in [0, 0.1) is 23.6 Å². The maximum atomic E-state index is 14.7. The fourth-order valence-electron chi connectivity index (χ4n) is 5.48. The Morgan fingerprint density at radius 3 is 2.69 bits per heavy atom. The predicted octanol–water partition coefficient (Wildman–Crippen LogP) is 7.42. The fraction of sp³-hybridized carbons (Fsp3) is 0.520. The van der Waals surface area contributed by atoms with Crippen molar-refractivity contribution < 1.29 is 4.39 Å². The molecule has 4 atom stereocenters. The molecule has 138 valence electrons. The summed E-state index contributed by atoms with van der Waals surface area (Å²) in [5, 5.41) is 1.83. The Labute approximate surface area is 157 Å². The van der Waals surface area contributed by atoms with Crippen LogP contribution < -0.4 is 0 Å². The van der Waals surface area contributed by atoms with Crippen molar-refractivity contribution in [2.75, 3.05) is 0 Å². The highest BCUT2D eigenvalue weighted by Gasteiger charge is 2.34. The summed E-state index contributed by atoms with van der Waals surface area (Å²) in [7, 11) is 0. The lowest BCUT2D eigenvalue weighted by molar-refractivity contribution is 0.124. The largest absolute Gasteiger partial charge is 0.206 e. The van der Waals surface area contributed by atoms with Crippen molar-refractivity contribution in [3.8, 4) is 0 Å². The van der Waals surface area contributed by atoms with Crippen molar-refractivity contribution in [2.45, 2.75) is 64.2 Å². The van der Waals surface area contributed by atoms with E-state index in [9.17, 15) is 4.39 Å². The molecule has 2 aliphatic carbocycles. The number of rotatable bonds is 4. The Morgan fingerprint density at radius 1 is 1.04 bits per heavy atom. The van der Waals surface area contributed by atoms with E-state index in [4.69, 9.17) is 0 Å². The third-order valence-corrected chi connectivity index (χ3v) is 6.97. The fourth-order valence-corrected chi connectivity index (χ4v) is 5.48. The Morgan fingerprint density at radius 2 is 1.85 bits per heavy atom. The van der Waals surface area contributed by atoms with Gasteiger partial charge in [0.15, 0.2) is 0 Å². The smallest absolute Gasteiger partial charge is 0.131 e. The van der Waals surface area contributed by atoms with Crippen molar-refractivity contribution in [3.63, 3.8) is 0 Å². The van der Waals surface area contributed by atoms with Gasteiger partial charge in [0.25, 0.3) is 0 Å². The first-order chi connectivity index (χ1) is 12.6. The second kappa shape index (κ2) is 7.55. The number of benzene rings is 2. The van der Waals surface area contributed by atoms with E-state index in [1.807, 2.05) is 6.08 Å². The molecular formula is C25H31F. The highest BCUT2D eigenvalue weighted by atomic mass is 19.1. The number of aryl methyl sites for hydroxylation is 1. The van der Waals surface area contributed by atoms with Crippen LogP contribution in [0.25, 0.3) is 10.8 Å². The number of fused-ring (bicyclic) bond motifs is 2. The van der Waals surface area contributed by atoms with Gasteiger partial charge in [-0.1, -0.05) is 37.6 Å². The van der Waals surface area contributed by atoms with Gasteiger partial charge in [0.05, 0.1) is 0 Å². The topological polar surface area (TPSA) is 0 Å². The van der Waals surface area contributed by atoms with Crippen LogP contribution in [0.4, 0.5) is 4.39 Å². The summed E-state index contributed by atoms with van der Waals surface area (Å²) in [5.41, 5.74) is 2.42. The van der Waals surface area contributed by atoms with E-state index in [0.717, 1.165) is 46.9 Å². The van der Waals surface area contributed by atoms with Gasteiger partial charge >= 0.3 is 0 Å². The van der Waals surface area contributed by atoms with Crippen LogP contribution in [0.1, 0.15) is 68.9 Å². The average Bonchev–Trinajstić information content (AvgIpc) is 2.65. The van der Waals surface area contributed by atoms with Gasteiger partial charge in [-0.15, -0.1) is 6.58 Å². The SMILES string of the molecule is C=CCCc1cc(F)c2cc(C3CCC4CC(C)CCC4C3)ccc2c1. The standard InChI is InChI=1S/C25H31F/c1-3-4-5-18-13-23-11-10-22(16-24(23)25(26)14-18)21-9-8-19-12-17(2)6-7-20(19)15-21/h3,10-11,13-14,16-17,19-21H,1,4-9,12,15H2,2H3. The first kappa shape index (κ1) is 17.8. The van der Waals surface area contributed by atoms with Crippen LogP contribution in [0.3, 0.4) is 0 Å². The lowest BCUT2D eigenvalue weighted by atomic mass is 9.64. The molecule has 0 spiro atoms. The van der Waals surface area contributed by atoms with Gasteiger partial charge in [0, 0.05) is 5.39 Å². The van der Waals surface area contributed by atoms with Crippen molar-refractivity contribution in [2.24, 2.45) is 17.8 Å². The van der Waals surface area contributed by atoms with Crippen LogP contribution in [0.5, 0.6) is 0 Å². The third kappa shape index (κ3) is 3.59. The molecule has 2 aromatic carbocycles. The lowest BCUT2D eigenvalue weighted by Crippen LogP contribution is -2.29. The van der Waals surface area contributed by atoms with E-state index >= 15 is 0 Å². The minimum absolute atomic E-state index is 0.0661. The molecule has 0 radical (unpaired) electrons. The maximum absolute atomic E-state index is 14.7. The third-order valence-electron chi connectivity index (χ3n) is 6.97. The van der Waals surface area contributed by atoms with Crippen molar-refractivity contribution in [1.82, 2.24) is 0 Å². The van der Waals surface area contributed by atoms with E-state index in [-0.39, 0.29) is 5.82 Å². The molecule has 2 saturated carbocycles. The lowest BCUT2D eigenvalue weighted by Gasteiger charge is -2.41. The number of hydrogen-bond donors (Lipinski definition) is 0. The van der Waals surface area contributed by atoms with Gasteiger partial charge in [-0.05, 0) is 97.3 Å². The van der Waals surface area contributed by atoms with Crippen molar-refractivity contribution >= 4 is 10.8 Å². The van der Waals surface area contributed by atoms with Gasteiger partial charge in [-0.2, -0.15) is 0 Å². The molecule has 1 heteroatoms. The van der Waals surface area contributed by atoms with E-state index < -0.39 is 0 Å². The zero-order valence-corrected chi connectivity index (χ0v) is 16.0. The first-order valence-electron chi connectivity index (χ1n) is 10.5. The van der Waals surface area contributed by atoms with Gasteiger partial charge in [-0.3, -0.25) is 0 Å². The van der Waals surface area contributed by atoms with E-state index in [2.05, 4.69) is 37.8 Å². The summed E-state index contributed by atoms with van der Waals surface area (Å²) in [6.45, 7) is 6.18. The Balaban J connectivity index is 1.56. The first-order valence-corrected chi connectivity index (χ1v) is 10.5. The van der Waals surface area contributed by atoms with Crippen molar-refractivity contribution in [1.29, 1.82) is 0 Å². The second-order valence-electron chi connectivity index (χ2n) is 8.83. The maximum Gasteiger partial charge on any atom is 0.131 e. The quantitative estimate of drug-likeness (QED) is 0.503. The average molecular weight is 351 g/mol. The number of halogens is 1. The monoisotopic (exact) mass is 350 g/mol. The molecule has 4 unspecified atom stereocenters. The molecule has 0 amide bonds. The summed E-state index contributed by atoms with van der Waals surface area (Å²) in [4.78, 5) is 0. The number of allylic oxidation sites excluding steroid dienone is 1. The molecule has 2 aromatic rings. The molecular weight excluding hydrogens is 319 g/mol. The zero-order valence-electron chi connectivity index (χ0n) is 16.0. The highest BCUT2D eigenvalue weighted by Crippen LogP contribution is 2.47. The van der Waals surface area contributed by atoms with Crippen molar-refractivity contribution in [3.05, 3.63) is 59.9 Å². The van der Waals surface area contributed by atoms with Gasteiger partial charge in [0.2, 0.25) is 0 Å². The predicted molar refractivity (Wildman–Crippen MR) is 109 cm³/mol. The Bertz CT molecular complexity index is 790. The molecule has 26 heavy (non-hydrogen) atoms. The number of hydrogen-bond acceptors (Lipinski definition) is 0. The molecule has 2 fully saturated rings. The van der Waals surface area contributed by atoms with Crippen LogP contribution in [-0.4, -0.2) is 0 Å². The van der Waals surface area contributed by atoms with Gasteiger partial charge in [-0.25, -0.2) is 4.39 Å².